The molecule has 0 amide bonds. The van der Waals surface area contributed by atoms with Crippen LogP contribution < -0.4 is 0 Å². The summed E-state index contributed by atoms with van der Waals surface area (Å²) in [5.41, 5.74) is 0. The highest BCUT2D eigenvalue weighted by Crippen LogP contribution is 2.47. The number of aliphatic hydroxyl groups is 5. The Morgan fingerprint density at radius 2 is 0.885 bits per heavy atom. The Morgan fingerprint density at radius 3 is 1.38 bits per heavy atom. The summed E-state index contributed by atoms with van der Waals surface area (Å²) in [5.74, 6) is -1.14. The molecule has 6 N–H and O–H groups in total. The van der Waals surface area contributed by atoms with E-state index in [9.17, 15) is 44.6 Å². The maximum Gasteiger partial charge on any atom is 0.472 e. The van der Waals surface area contributed by atoms with Gasteiger partial charge in [0.2, 0.25) is 0 Å². The van der Waals surface area contributed by atoms with Crippen LogP contribution in [0.1, 0.15) is 194 Å². The Labute approximate surface area is 368 Å². The summed E-state index contributed by atoms with van der Waals surface area (Å²) in [6, 6.07) is 0. The molecule has 61 heavy (non-hydrogen) atoms. The topological polar surface area (TPSA) is 210 Å². The van der Waals surface area contributed by atoms with Crippen LogP contribution in [0.4, 0.5) is 0 Å². The number of carbonyl (C=O) groups is 2. The predicted molar refractivity (Wildman–Crippen MR) is 240 cm³/mol. The Morgan fingerprint density at radius 1 is 0.508 bits per heavy atom. The maximum absolute atomic E-state index is 12.8. The Bertz CT molecular complexity index is 1210. The van der Waals surface area contributed by atoms with E-state index in [2.05, 4.69) is 50.3 Å². The number of ether oxygens (including phenoxy) is 2. The lowest BCUT2D eigenvalue weighted by Crippen LogP contribution is -2.64. The number of rotatable bonds is 39. The SMILES string of the molecule is CCCCC/C=C/C/C=C/C/C=C/CCCCC(=O)O[C@@H](COC(=O)CCCCCCCCCCCCCCCCCCC)COP(=O)(O)OC1C(O)C(O)C(O)[C@H](O)C1O. The van der Waals surface area contributed by atoms with Crippen molar-refractivity contribution < 1.29 is 63.1 Å². The summed E-state index contributed by atoms with van der Waals surface area (Å²) in [6.07, 6.45) is 29.1. The number of hydrogen-bond donors (Lipinski definition) is 6. The average Bonchev–Trinajstić information content (AvgIpc) is 3.24. The van der Waals surface area contributed by atoms with Crippen molar-refractivity contribution in [1.82, 2.24) is 0 Å². The van der Waals surface area contributed by atoms with Gasteiger partial charge in [-0.3, -0.25) is 18.6 Å². The molecule has 1 rings (SSSR count). The average molecular weight is 889 g/mol. The van der Waals surface area contributed by atoms with E-state index in [1.54, 1.807) is 0 Å². The highest BCUT2D eigenvalue weighted by atomic mass is 31.2. The van der Waals surface area contributed by atoms with Gasteiger partial charge in [0.05, 0.1) is 6.61 Å². The van der Waals surface area contributed by atoms with Crippen molar-refractivity contribution in [3.8, 4) is 0 Å². The third-order valence-corrected chi connectivity index (χ3v) is 12.0. The van der Waals surface area contributed by atoms with E-state index in [4.69, 9.17) is 18.5 Å². The first-order chi connectivity index (χ1) is 29.4. The molecule has 6 unspecified atom stereocenters. The molecule has 0 aromatic heterocycles. The van der Waals surface area contributed by atoms with E-state index >= 15 is 0 Å². The number of esters is 2. The summed E-state index contributed by atoms with van der Waals surface area (Å²) in [4.78, 5) is 35.7. The predicted octanol–water partition coefficient (Wildman–Crippen LogP) is 9.39. The van der Waals surface area contributed by atoms with Gasteiger partial charge >= 0.3 is 19.8 Å². The quantitative estimate of drug-likeness (QED) is 0.0147. The van der Waals surface area contributed by atoms with E-state index in [-0.39, 0.29) is 12.8 Å². The Balaban J connectivity index is 2.46. The number of carbonyl (C=O) groups excluding carboxylic acids is 2. The summed E-state index contributed by atoms with van der Waals surface area (Å²) < 4.78 is 33.5. The van der Waals surface area contributed by atoms with Crippen LogP contribution in [0.3, 0.4) is 0 Å². The fourth-order valence-electron chi connectivity index (χ4n) is 7.12. The van der Waals surface area contributed by atoms with Gasteiger partial charge in [-0.2, -0.15) is 0 Å². The van der Waals surface area contributed by atoms with Crippen LogP contribution in [0.2, 0.25) is 0 Å². The number of phosphoric acid groups is 1. The minimum atomic E-state index is -5.13. The molecule has 1 aliphatic carbocycles. The van der Waals surface area contributed by atoms with Gasteiger partial charge in [0.25, 0.3) is 0 Å². The van der Waals surface area contributed by atoms with E-state index in [0.29, 0.717) is 12.8 Å². The second kappa shape index (κ2) is 37.4. The maximum atomic E-state index is 12.8. The van der Waals surface area contributed by atoms with E-state index in [0.717, 1.165) is 51.4 Å². The third kappa shape index (κ3) is 30.0. The molecule has 0 aromatic rings. The van der Waals surface area contributed by atoms with Crippen molar-refractivity contribution in [2.24, 2.45) is 0 Å². The molecular formula is C47H85O13P. The van der Waals surface area contributed by atoms with Crippen LogP contribution in [0.5, 0.6) is 0 Å². The lowest BCUT2D eigenvalue weighted by Gasteiger charge is -2.41. The molecule has 0 aromatic carbocycles. The molecule has 13 nitrogen and oxygen atoms in total. The van der Waals surface area contributed by atoms with Gasteiger partial charge in [0, 0.05) is 12.8 Å². The van der Waals surface area contributed by atoms with E-state index in [1.807, 2.05) is 0 Å². The second-order valence-electron chi connectivity index (χ2n) is 16.6. The van der Waals surface area contributed by atoms with Crippen molar-refractivity contribution in [2.75, 3.05) is 13.2 Å². The van der Waals surface area contributed by atoms with Crippen molar-refractivity contribution >= 4 is 19.8 Å². The summed E-state index contributed by atoms with van der Waals surface area (Å²) in [5, 5.41) is 50.1. The first kappa shape index (κ1) is 57.1. The van der Waals surface area contributed by atoms with E-state index in [1.165, 1.54) is 103 Å². The zero-order valence-corrected chi connectivity index (χ0v) is 38.6. The van der Waals surface area contributed by atoms with Crippen molar-refractivity contribution in [2.45, 2.75) is 236 Å². The summed E-state index contributed by atoms with van der Waals surface area (Å²) in [6.45, 7) is 3.25. The fraction of sp³-hybridized carbons (Fsp3) is 0.830. The van der Waals surface area contributed by atoms with Gasteiger partial charge in [0.15, 0.2) is 6.10 Å². The highest BCUT2D eigenvalue weighted by molar-refractivity contribution is 7.47. The molecule has 8 atom stereocenters. The third-order valence-electron chi connectivity index (χ3n) is 11.0. The minimum Gasteiger partial charge on any atom is -0.462 e. The van der Waals surface area contributed by atoms with Gasteiger partial charge < -0.3 is 39.9 Å². The standard InChI is InChI=1S/C47H85O13P/c1-3-5-7-9-11-13-15-17-19-20-22-23-25-27-29-31-33-35-40(48)57-37-39(38-58-61(55,56)60-47-45(53)43(51)42(50)44(52)46(47)54)59-41(49)36-34-32-30-28-26-24-21-18-16-14-12-10-8-6-4-2/h12,14,18,21,26,28,39,42-47,50-54H,3-11,13,15-17,19-20,22-25,27,29-38H2,1-2H3,(H,55,56)/b14-12+,21-18+,28-26+/t39-,42?,43-,44?,45?,46?,47?/m0/s1. The molecule has 0 aliphatic heterocycles. The van der Waals surface area contributed by atoms with Crippen LogP contribution in [-0.4, -0.2) is 98.3 Å². The van der Waals surface area contributed by atoms with Crippen LogP contribution in [0.25, 0.3) is 0 Å². The van der Waals surface area contributed by atoms with Gasteiger partial charge in [-0.25, -0.2) is 4.57 Å². The normalized spacial score (nSPS) is 22.3. The molecule has 0 radical (unpaired) electrons. The molecular weight excluding hydrogens is 803 g/mol. The lowest BCUT2D eigenvalue weighted by atomic mass is 9.85. The monoisotopic (exact) mass is 889 g/mol. The Kier molecular flexibility index (Phi) is 35.0. The van der Waals surface area contributed by atoms with Crippen LogP contribution in [0, 0.1) is 0 Å². The van der Waals surface area contributed by atoms with E-state index < -0.39 is 75.7 Å². The number of phosphoric ester groups is 1. The Hall–Kier alpha value is -1.93. The largest absolute Gasteiger partial charge is 0.472 e. The number of hydrogen-bond acceptors (Lipinski definition) is 12. The summed E-state index contributed by atoms with van der Waals surface area (Å²) >= 11 is 0. The van der Waals surface area contributed by atoms with Crippen molar-refractivity contribution in [1.29, 1.82) is 0 Å². The summed E-state index contributed by atoms with van der Waals surface area (Å²) in [7, 11) is -5.13. The van der Waals surface area contributed by atoms with Crippen LogP contribution in [0.15, 0.2) is 36.5 Å². The molecule has 1 saturated carbocycles. The second-order valence-corrected chi connectivity index (χ2v) is 18.0. The van der Waals surface area contributed by atoms with Crippen molar-refractivity contribution in [3.63, 3.8) is 0 Å². The smallest absolute Gasteiger partial charge is 0.462 e. The lowest BCUT2D eigenvalue weighted by molar-refractivity contribution is -0.220. The number of unbranched alkanes of at least 4 members (excludes halogenated alkanes) is 21. The molecule has 0 spiro atoms. The number of allylic oxidation sites excluding steroid dienone is 6. The van der Waals surface area contributed by atoms with Crippen molar-refractivity contribution in [3.05, 3.63) is 36.5 Å². The molecule has 1 fully saturated rings. The van der Waals surface area contributed by atoms with Crippen LogP contribution in [-0.2, 0) is 32.7 Å². The van der Waals surface area contributed by atoms with Gasteiger partial charge in [-0.15, -0.1) is 0 Å². The molecule has 1 aliphatic rings. The zero-order chi connectivity index (χ0) is 45.0. The molecule has 0 bridgehead atoms. The molecule has 356 valence electrons. The van der Waals surface area contributed by atoms with Gasteiger partial charge in [-0.1, -0.05) is 166 Å². The van der Waals surface area contributed by atoms with Gasteiger partial charge in [0.1, 0.15) is 43.2 Å². The zero-order valence-electron chi connectivity index (χ0n) is 37.7. The molecule has 14 heteroatoms. The first-order valence-electron chi connectivity index (χ1n) is 23.8. The number of aliphatic hydroxyl groups excluding tert-OH is 5. The molecule has 0 saturated heterocycles. The first-order valence-corrected chi connectivity index (χ1v) is 25.3. The minimum absolute atomic E-state index is 0.0495. The molecule has 0 heterocycles. The highest BCUT2D eigenvalue weighted by Gasteiger charge is 2.51. The fourth-order valence-corrected chi connectivity index (χ4v) is 8.09. The van der Waals surface area contributed by atoms with Gasteiger partial charge in [-0.05, 0) is 51.4 Å². The van der Waals surface area contributed by atoms with Crippen LogP contribution >= 0.6 is 7.82 Å².